The van der Waals surface area contributed by atoms with E-state index in [4.69, 9.17) is 18.1 Å². The topological polar surface area (TPSA) is 88.2 Å². The number of aromatic nitrogens is 1. The first kappa shape index (κ1) is 12.1. The van der Waals surface area contributed by atoms with Crippen LogP contribution in [0.5, 0.6) is 0 Å². The van der Waals surface area contributed by atoms with E-state index in [1.54, 1.807) is 24.3 Å². The number of carbonyl (C=O) groups excluding carboxylic acids is 1. The smallest absolute Gasteiger partial charge is 0.230 e. The molecule has 3 rings (SSSR count). The Morgan fingerprint density at radius 1 is 1.38 bits per heavy atom. The summed E-state index contributed by atoms with van der Waals surface area (Å²) < 4.78 is 73.0. The standard InChI is InChI=1S/C23H27N3O2S/c1-16-5-4-7-18(13-16)21(27)8-3-2-6-17-9-11-19(12-10-17)25-22(28)14-20-15-29-23(24)26-20/h4-5,7,9-13,15,21,27H,2-3,6,8,14H2,1H3,(H2,24,26)(H,25,28)/t21-/m0/s1/i2D2,4D,5D,7D,8D2,13D,15D. The lowest BCUT2D eigenvalue weighted by molar-refractivity contribution is -0.115. The van der Waals surface area contributed by atoms with Crippen LogP contribution in [0.2, 0.25) is 0 Å². The van der Waals surface area contributed by atoms with Gasteiger partial charge >= 0.3 is 0 Å². The molecule has 4 N–H and O–H groups in total. The van der Waals surface area contributed by atoms with Crippen LogP contribution in [-0.2, 0) is 17.6 Å². The Morgan fingerprint density at radius 2 is 2.17 bits per heavy atom. The van der Waals surface area contributed by atoms with Gasteiger partial charge in [-0.25, -0.2) is 4.98 Å². The summed E-state index contributed by atoms with van der Waals surface area (Å²) in [5.74, 6) is -0.402. The number of nitrogen functional groups attached to an aromatic ring is 1. The number of amides is 1. The lowest BCUT2D eigenvalue weighted by Crippen LogP contribution is -2.14. The van der Waals surface area contributed by atoms with Gasteiger partial charge in [0.1, 0.15) is 0 Å². The van der Waals surface area contributed by atoms with Crippen molar-refractivity contribution in [1.29, 1.82) is 0 Å². The predicted octanol–water partition coefficient (Wildman–Crippen LogP) is 4.66. The fourth-order valence-corrected chi connectivity index (χ4v) is 3.00. The summed E-state index contributed by atoms with van der Waals surface area (Å²) in [4.78, 5) is 16.2. The summed E-state index contributed by atoms with van der Waals surface area (Å²) in [6.07, 6.45) is -7.87. The SMILES string of the molecule is [2H]c1sc(N)nc1CC(=O)Nc1ccc(CC([2H])([2H])CC([2H])([2H])[C@H](O)c2c([2H])c([2H])c([2H])c(C)c2[2H])cc1. The Balaban J connectivity index is 1.68. The van der Waals surface area contributed by atoms with Crippen molar-refractivity contribution in [3.8, 4) is 0 Å². The first-order valence-electron chi connectivity index (χ1n) is 13.4. The van der Waals surface area contributed by atoms with E-state index in [2.05, 4.69) is 10.3 Å². The van der Waals surface area contributed by atoms with Crippen LogP contribution in [0.3, 0.4) is 0 Å². The summed E-state index contributed by atoms with van der Waals surface area (Å²) in [5.41, 5.74) is 6.34. The van der Waals surface area contributed by atoms with Crippen LogP contribution in [0.15, 0.2) is 53.8 Å². The Labute approximate surface area is 188 Å². The number of rotatable bonds is 9. The molecule has 0 aliphatic rings. The fraction of sp³-hybridized carbons (Fsp3) is 0.304. The average molecular weight is 419 g/mol. The zero-order valence-electron chi connectivity index (χ0n) is 24.8. The average Bonchev–Trinajstić information content (AvgIpc) is 3.12. The largest absolute Gasteiger partial charge is 0.388 e. The molecule has 1 amide bonds. The molecule has 0 spiro atoms. The first-order chi connectivity index (χ1) is 17.5. The molecule has 0 saturated carbocycles. The molecule has 0 fully saturated rings. The number of aliphatic hydroxyl groups excluding tert-OH is 1. The molecular formula is C23H27N3O2S. The minimum Gasteiger partial charge on any atom is -0.388 e. The van der Waals surface area contributed by atoms with E-state index < -0.39 is 54.9 Å². The van der Waals surface area contributed by atoms with Gasteiger partial charge in [0, 0.05) is 16.5 Å². The third-order valence-corrected chi connectivity index (χ3v) is 4.51. The van der Waals surface area contributed by atoms with Crippen LogP contribution in [-0.4, -0.2) is 16.0 Å². The van der Waals surface area contributed by atoms with Crippen molar-refractivity contribution in [3.63, 3.8) is 0 Å². The van der Waals surface area contributed by atoms with Crippen molar-refractivity contribution in [2.45, 2.75) is 45.0 Å². The second-order valence-corrected chi connectivity index (χ2v) is 7.10. The maximum Gasteiger partial charge on any atom is 0.230 e. The number of thiazole rings is 1. The molecule has 2 aromatic carbocycles. The van der Waals surface area contributed by atoms with E-state index in [9.17, 15) is 9.90 Å². The minimum absolute atomic E-state index is 0.0295. The van der Waals surface area contributed by atoms with Crippen molar-refractivity contribution in [2.75, 3.05) is 11.1 Å². The summed E-state index contributed by atoms with van der Waals surface area (Å²) in [7, 11) is 0. The molecule has 1 atom stereocenters. The molecule has 0 unspecified atom stereocenters. The molecule has 0 saturated heterocycles. The fourth-order valence-electron chi connectivity index (χ4n) is 2.50. The molecule has 29 heavy (non-hydrogen) atoms. The Morgan fingerprint density at radius 3 is 2.90 bits per heavy atom. The number of benzene rings is 2. The van der Waals surface area contributed by atoms with Gasteiger partial charge in [-0.15, -0.1) is 11.3 Å². The van der Waals surface area contributed by atoms with E-state index in [-0.39, 0.29) is 40.6 Å². The number of aryl methyl sites for hydroxylation is 1. The number of nitrogens with zero attached hydrogens (tertiary/aromatic N) is 1. The molecule has 1 heterocycles. The van der Waals surface area contributed by atoms with Crippen LogP contribution in [0.1, 0.15) is 60.0 Å². The number of nitrogens with one attached hydrogen (secondary N) is 1. The molecule has 0 aliphatic heterocycles. The van der Waals surface area contributed by atoms with E-state index >= 15 is 0 Å². The molecule has 6 heteroatoms. The van der Waals surface area contributed by atoms with E-state index in [1.807, 2.05) is 0 Å². The van der Waals surface area contributed by atoms with Crippen LogP contribution in [0.25, 0.3) is 0 Å². The monoisotopic (exact) mass is 418 g/mol. The highest BCUT2D eigenvalue weighted by Gasteiger charge is 2.08. The van der Waals surface area contributed by atoms with Gasteiger partial charge in [0.15, 0.2) is 5.13 Å². The number of hydrogen-bond donors (Lipinski definition) is 3. The Bertz CT molecular complexity index is 1320. The second-order valence-electron chi connectivity index (χ2n) is 6.27. The van der Waals surface area contributed by atoms with Crippen molar-refractivity contribution >= 4 is 28.1 Å². The number of hydrogen-bond acceptors (Lipinski definition) is 5. The summed E-state index contributed by atoms with van der Waals surface area (Å²) in [5, 5.41) is 13.7. The number of nitrogens with two attached hydrogens (primary N) is 1. The quantitative estimate of drug-likeness (QED) is 0.471. The van der Waals surface area contributed by atoms with Gasteiger partial charge in [-0.2, -0.15) is 0 Å². The molecule has 1 aromatic heterocycles. The van der Waals surface area contributed by atoms with Gasteiger partial charge in [-0.05, 0) is 49.4 Å². The number of carbonyl (C=O) groups is 1. The Hall–Kier alpha value is -2.70. The third kappa shape index (κ3) is 6.69. The van der Waals surface area contributed by atoms with Crippen LogP contribution < -0.4 is 11.1 Å². The van der Waals surface area contributed by atoms with Gasteiger partial charge in [0.25, 0.3) is 0 Å². The van der Waals surface area contributed by atoms with Crippen LogP contribution >= 0.6 is 11.3 Å². The van der Waals surface area contributed by atoms with Crippen molar-refractivity contribution in [1.82, 2.24) is 4.98 Å². The van der Waals surface area contributed by atoms with Crippen molar-refractivity contribution in [2.24, 2.45) is 0 Å². The molecule has 3 aromatic rings. The van der Waals surface area contributed by atoms with Gasteiger partial charge in [-0.1, -0.05) is 48.3 Å². The molecule has 152 valence electrons. The Kier molecular flexibility index (Phi) is 4.25. The lowest BCUT2D eigenvalue weighted by Gasteiger charge is -2.11. The minimum atomic E-state index is -2.58. The molecule has 0 radical (unpaired) electrons. The van der Waals surface area contributed by atoms with Gasteiger partial charge < -0.3 is 16.2 Å². The van der Waals surface area contributed by atoms with E-state index in [1.165, 1.54) is 6.92 Å². The third-order valence-electron chi connectivity index (χ3n) is 3.88. The first-order valence-corrected chi connectivity index (χ1v) is 9.69. The van der Waals surface area contributed by atoms with E-state index in [0.717, 1.165) is 11.3 Å². The lowest BCUT2D eigenvalue weighted by atomic mass is 10.00. The van der Waals surface area contributed by atoms with Crippen molar-refractivity contribution in [3.05, 3.63) is 76.2 Å². The van der Waals surface area contributed by atoms with Crippen LogP contribution in [0.4, 0.5) is 10.8 Å². The van der Waals surface area contributed by atoms with Crippen LogP contribution in [0, 0.1) is 6.92 Å². The number of aliphatic hydroxyl groups is 1. The molecule has 0 aliphatic carbocycles. The summed E-state index contributed by atoms with van der Waals surface area (Å²) in [6, 6.07) is 4.34. The maximum absolute atomic E-state index is 12.3. The van der Waals surface area contributed by atoms with Gasteiger partial charge in [0.2, 0.25) is 5.91 Å². The molecule has 5 nitrogen and oxygen atoms in total. The summed E-state index contributed by atoms with van der Waals surface area (Å²) >= 11 is 0.973. The normalized spacial score (nSPS) is 17.4. The van der Waals surface area contributed by atoms with Gasteiger partial charge in [-0.3, -0.25) is 4.79 Å². The highest BCUT2D eigenvalue weighted by Crippen LogP contribution is 2.21. The zero-order chi connectivity index (χ0) is 28.6. The zero-order valence-corrected chi connectivity index (χ0v) is 16.6. The van der Waals surface area contributed by atoms with Gasteiger partial charge in [0.05, 0.1) is 25.1 Å². The maximum atomic E-state index is 12.3. The number of anilines is 2. The molecular weight excluding hydrogens is 382 g/mol. The summed E-state index contributed by atoms with van der Waals surface area (Å²) in [6.45, 7) is 1.38. The van der Waals surface area contributed by atoms with Crippen molar-refractivity contribution < 1.29 is 22.2 Å². The molecule has 0 bridgehead atoms. The highest BCUT2D eigenvalue weighted by atomic mass is 32.1. The van der Waals surface area contributed by atoms with E-state index in [0.29, 0.717) is 11.3 Å². The second kappa shape index (κ2) is 10.2. The highest BCUT2D eigenvalue weighted by molar-refractivity contribution is 7.13. The predicted molar refractivity (Wildman–Crippen MR) is 119 cm³/mol.